The predicted octanol–water partition coefficient (Wildman–Crippen LogP) is 15.9. The molecule has 10 nitrogen and oxygen atoms in total. The van der Waals surface area contributed by atoms with Crippen LogP contribution < -0.4 is 9.47 Å². The summed E-state index contributed by atoms with van der Waals surface area (Å²) in [4.78, 5) is 49.8. The number of Topliss-reactive ketones (excluding diaryl/α,β-unsaturated/α-hetero) is 2. The van der Waals surface area contributed by atoms with Gasteiger partial charge in [0.25, 0.3) is 0 Å². The zero-order valence-corrected chi connectivity index (χ0v) is 43.2. The van der Waals surface area contributed by atoms with Gasteiger partial charge in [0.2, 0.25) is 0 Å². The molecule has 0 aliphatic rings. The van der Waals surface area contributed by atoms with E-state index in [1.54, 1.807) is 74.9 Å². The summed E-state index contributed by atoms with van der Waals surface area (Å²) < 4.78 is 94.0. The highest BCUT2D eigenvalue weighted by Crippen LogP contribution is 2.42. The third-order valence-electron chi connectivity index (χ3n) is 13.7. The Labute approximate surface area is 454 Å². The van der Waals surface area contributed by atoms with Gasteiger partial charge in [-0.2, -0.15) is 26.3 Å². The highest BCUT2D eigenvalue weighted by Gasteiger charge is 2.33. The van der Waals surface area contributed by atoms with Crippen molar-refractivity contribution in [3.63, 3.8) is 0 Å². The molecule has 0 amide bonds. The lowest BCUT2D eigenvalue weighted by Crippen LogP contribution is -2.12. The van der Waals surface area contributed by atoms with Crippen LogP contribution in [0.1, 0.15) is 77.8 Å². The molecule has 2 heterocycles. The van der Waals surface area contributed by atoms with Crippen molar-refractivity contribution in [2.45, 2.75) is 39.3 Å². The van der Waals surface area contributed by atoms with Crippen molar-refractivity contribution < 1.29 is 65.2 Å². The summed E-state index contributed by atoms with van der Waals surface area (Å²) in [5.74, 6) is -1.45. The molecule has 10 rings (SSSR count). The molecular weight excluding hydrogens is 1040 g/mol. The van der Waals surface area contributed by atoms with Crippen LogP contribution in [-0.2, 0) is 25.4 Å². The second kappa shape index (κ2) is 22.3. The number of carboxylic acid groups (broad SMARTS) is 2. The number of aromatic carboxylic acids is 2. The molecular formula is C64H48F6N2O8. The summed E-state index contributed by atoms with van der Waals surface area (Å²) in [6.07, 6.45) is -9.06. The summed E-state index contributed by atoms with van der Waals surface area (Å²) in [5, 5.41) is 22.0. The van der Waals surface area contributed by atoms with Crippen LogP contribution in [0.15, 0.2) is 182 Å². The Morgan fingerprint density at radius 2 is 0.775 bits per heavy atom. The zero-order valence-electron chi connectivity index (χ0n) is 43.2. The number of halogens is 6. The average Bonchev–Trinajstić information content (AvgIpc) is 4.04. The molecule has 404 valence electrons. The van der Waals surface area contributed by atoms with Gasteiger partial charge >= 0.3 is 24.3 Å². The van der Waals surface area contributed by atoms with Gasteiger partial charge in [-0.1, -0.05) is 97.1 Å². The number of hydrogen-bond acceptors (Lipinski definition) is 6. The first-order valence-corrected chi connectivity index (χ1v) is 24.8. The maximum absolute atomic E-state index is 13.4. The number of fused-ring (bicyclic) bond motifs is 2. The molecule has 0 fully saturated rings. The van der Waals surface area contributed by atoms with Crippen molar-refractivity contribution >= 4 is 45.3 Å². The number of alkyl halides is 6. The van der Waals surface area contributed by atoms with Crippen molar-refractivity contribution in [2.75, 3.05) is 14.2 Å². The number of carboxylic acids is 2. The quantitative estimate of drug-likeness (QED) is 0.0811. The monoisotopic (exact) mass is 1090 g/mol. The molecule has 0 saturated heterocycles. The first kappa shape index (κ1) is 55.1. The molecule has 0 bridgehead atoms. The van der Waals surface area contributed by atoms with Gasteiger partial charge < -0.3 is 28.8 Å². The minimum absolute atomic E-state index is 0.0833. The molecule has 0 aliphatic heterocycles. The van der Waals surface area contributed by atoms with E-state index in [9.17, 15) is 55.7 Å². The van der Waals surface area contributed by atoms with E-state index < -0.39 is 35.4 Å². The topological polar surface area (TPSA) is 137 Å². The summed E-state index contributed by atoms with van der Waals surface area (Å²) >= 11 is 0. The Morgan fingerprint density at radius 3 is 1.10 bits per heavy atom. The molecule has 2 aromatic heterocycles. The number of rotatable bonds is 14. The second-order valence-corrected chi connectivity index (χ2v) is 18.8. The average molecular weight is 1090 g/mol. The minimum Gasteiger partial charge on any atom is -0.497 e. The first-order chi connectivity index (χ1) is 38.1. The molecule has 0 radical (unpaired) electrons. The fraction of sp³-hybridized carbons (Fsp3) is 0.125. The Balaban J connectivity index is 0.000000194. The van der Waals surface area contributed by atoms with Crippen LogP contribution in [0, 0.1) is 0 Å². The summed E-state index contributed by atoms with van der Waals surface area (Å²) in [7, 11) is 3.14. The van der Waals surface area contributed by atoms with Gasteiger partial charge in [-0.15, -0.1) is 0 Å². The summed E-state index contributed by atoms with van der Waals surface area (Å²) in [6, 6.07) is 48.8. The first-order valence-electron chi connectivity index (χ1n) is 24.8. The van der Waals surface area contributed by atoms with Gasteiger partial charge in [0.15, 0.2) is 11.6 Å². The minimum atomic E-state index is -4.53. The molecule has 80 heavy (non-hydrogen) atoms. The standard InChI is InChI=1S/2C32H24F3NO4/c2*1-19(37)22-6-4-7-24(16-22)29-27-17-23(21-9-12-26(40-2)13-10-21)11-14-28(27)36(30(29)31(38)39)18-20-5-3-8-25(15-20)32(33,34)35/h2*3-17H,18H2,1-2H3,(H,38,39). The smallest absolute Gasteiger partial charge is 0.416 e. The molecule has 16 heteroatoms. The molecule has 0 aliphatic carbocycles. The maximum Gasteiger partial charge on any atom is 0.416 e. The van der Waals surface area contributed by atoms with Crippen molar-refractivity contribution in [1.82, 2.24) is 9.13 Å². The molecule has 10 aromatic rings. The van der Waals surface area contributed by atoms with Gasteiger partial charge in [0, 0.05) is 57.1 Å². The van der Waals surface area contributed by atoms with Crippen molar-refractivity contribution in [3.8, 4) is 56.0 Å². The molecule has 0 atom stereocenters. The van der Waals surface area contributed by atoms with Crippen LogP contribution in [0.3, 0.4) is 0 Å². The molecule has 0 saturated carbocycles. The number of aromatic nitrogens is 2. The SMILES string of the molecule is COc1ccc(-c2ccc3c(c2)c(-c2cccc(C(C)=O)c2)c(C(=O)O)n3Cc2cccc(C(F)(F)F)c2)cc1.COc1ccc(-c2ccc3c(c2)c(-c2cccc(C(C)=O)c2)c(C(=O)O)n3Cc2cccc(C(F)(F)F)c2)cc1. The maximum atomic E-state index is 13.4. The zero-order chi connectivity index (χ0) is 57.2. The largest absolute Gasteiger partial charge is 0.497 e. The number of ketones is 2. The lowest BCUT2D eigenvalue weighted by molar-refractivity contribution is -0.138. The van der Waals surface area contributed by atoms with Crippen LogP contribution in [0.2, 0.25) is 0 Å². The Bertz CT molecular complexity index is 3760. The van der Waals surface area contributed by atoms with E-state index in [1.165, 1.54) is 47.2 Å². The van der Waals surface area contributed by atoms with E-state index in [4.69, 9.17) is 9.47 Å². The lowest BCUT2D eigenvalue weighted by Gasteiger charge is -2.12. The van der Waals surface area contributed by atoms with E-state index in [0.29, 0.717) is 77.8 Å². The highest BCUT2D eigenvalue weighted by molar-refractivity contribution is 6.11. The third kappa shape index (κ3) is 11.5. The van der Waals surface area contributed by atoms with Crippen molar-refractivity contribution in [1.29, 1.82) is 0 Å². The Morgan fingerprint density at radius 1 is 0.425 bits per heavy atom. The van der Waals surface area contributed by atoms with E-state index >= 15 is 0 Å². The van der Waals surface area contributed by atoms with E-state index in [-0.39, 0.29) is 36.0 Å². The highest BCUT2D eigenvalue weighted by atomic mass is 19.4. The van der Waals surface area contributed by atoms with E-state index in [0.717, 1.165) is 46.5 Å². The van der Waals surface area contributed by atoms with Gasteiger partial charge in [0.05, 0.1) is 25.3 Å². The molecule has 0 unspecified atom stereocenters. The number of ether oxygens (including phenoxy) is 2. The van der Waals surface area contributed by atoms with Gasteiger partial charge in [-0.05, 0) is 143 Å². The number of carbonyl (C=O) groups excluding carboxylic acids is 2. The lowest BCUT2D eigenvalue weighted by atomic mass is 9.96. The Hall–Kier alpha value is -9.70. The number of methoxy groups -OCH3 is 2. The molecule has 2 N–H and O–H groups in total. The normalized spacial score (nSPS) is 11.5. The van der Waals surface area contributed by atoms with E-state index in [2.05, 4.69) is 0 Å². The van der Waals surface area contributed by atoms with E-state index in [1.807, 2.05) is 72.8 Å². The Kier molecular flexibility index (Phi) is 15.4. The van der Waals surface area contributed by atoms with Crippen molar-refractivity contribution in [2.24, 2.45) is 0 Å². The van der Waals surface area contributed by atoms with Crippen LogP contribution in [-0.4, -0.2) is 57.1 Å². The fourth-order valence-corrected chi connectivity index (χ4v) is 9.84. The fourth-order valence-electron chi connectivity index (χ4n) is 9.84. The predicted molar refractivity (Wildman–Crippen MR) is 294 cm³/mol. The number of benzene rings is 8. The molecule has 0 spiro atoms. The van der Waals surface area contributed by atoms with Crippen molar-refractivity contribution in [3.05, 3.63) is 227 Å². The number of hydrogen-bond donors (Lipinski definition) is 2. The third-order valence-corrected chi connectivity index (χ3v) is 13.7. The van der Waals surface area contributed by atoms with Gasteiger partial charge in [0.1, 0.15) is 22.9 Å². The van der Waals surface area contributed by atoms with Crippen LogP contribution in [0.5, 0.6) is 11.5 Å². The molecule has 8 aromatic carbocycles. The summed E-state index contributed by atoms with van der Waals surface area (Å²) in [5.41, 5.74) is 5.89. The van der Waals surface area contributed by atoms with Gasteiger partial charge in [-0.3, -0.25) is 9.59 Å². The van der Waals surface area contributed by atoms with Crippen LogP contribution in [0.4, 0.5) is 26.3 Å². The number of nitrogens with zero attached hydrogens (tertiary/aromatic N) is 2. The second-order valence-electron chi connectivity index (χ2n) is 18.8. The van der Waals surface area contributed by atoms with Crippen LogP contribution in [0.25, 0.3) is 66.3 Å². The summed E-state index contributed by atoms with van der Waals surface area (Å²) in [6.45, 7) is 2.65. The number of carbonyl (C=O) groups is 4. The van der Waals surface area contributed by atoms with Crippen LogP contribution >= 0.6 is 0 Å². The van der Waals surface area contributed by atoms with Gasteiger partial charge in [-0.25, -0.2) is 9.59 Å².